The van der Waals surface area contributed by atoms with Gasteiger partial charge in [0, 0.05) is 6.54 Å². The highest BCUT2D eigenvalue weighted by atomic mass is 35.5. The van der Waals surface area contributed by atoms with Crippen LogP contribution in [-0.4, -0.2) is 34.7 Å². The molecule has 0 aliphatic heterocycles. The second kappa shape index (κ2) is 7.79. The fourth-order valence-corrected chi connectivity index (χ4v) is 3.17. The molecule has 0 saturated heterocycles. The van der Waals surface area contributed by atoms with Gasteiger partial charge in [0.15, 0.2) is 0 Å². The average molecular weight is 388 g/mol. The Balaban J connectivity index is 2.05. The molecule has 138 valence electrons. The van der Waals surface area contributed by atoms with Crippen molar-refractivity contribution in [2.45, 2.75) is 57.6 Å². The van der Waals surface area contributed by atoms with Crippen molar-refractivity contribution < 1.29 is 14.3 Å². The molecular weight excluding hydrogens is 365 g/mol. The van der Waals surface area contributed by atoms with E-state index in [-0.39, 0.29) is 22.4 Å². The molecule has 0 unspecified atom stereocenters. The Morgan fingerprint density at radius 3 is 2.48 bits per heavy atom. The fourth-order valence-electron chi connectivity index (χ4n) is 2.83. The summed E-state index contributed by atoms with van der Waals surface area (Å²) in [7, 11) is 0. The number of ether oxygens (including phenoxy) is 1. The van der Waals surface area contributed by atoms with Gasteiger partial charge in [-0.25, -0.2) is 9.78 Å². The lowest BCUT2D eigenvalue weighted by molar-refractivity contribution is 0.0504. The molecule has 1 heterocycles. The first-order valence-corrected chi connectivity index (χ1v) is 8.97. The molecule has 1 aromatic rings. The van der Waals surface area contributed by atoms with Crippen LogP contribution in [0.4, 0.5) is 4.79 Å². The Bertz CT molecular complexity index is 653. The Labute approximate surface area is 157 Å². The van der Waals surface area contributed by atoms with Crippen LogP contribution in [0.15, 0.2) is 12.1 Å². The first-order valence-electron chi connectivity index (χ1n) is 8.22. The van der Waals surface area contributed by atoms with Crippen LogP contribution in [0.3, 0.4) is 0 Å². The zero-order valence-electron chi connectivity index (χ0n) is 14.6. The van der Waals surface area contributed by atoms with Gasteiger partial charge in [-0.3, -0.25) is 4.79 Å². The third-order valence-corrected chi connectivity index (χ3v) is 4.45. The molecule has 1 aliphatic carbocycles. The lowest BCUT2D eigenvalue weighted by atomic mass is 9.97. The molecule has 0 bridgehead atoms. The number of halogens is 2. The molecule has 0 aromatic carbocycles. The van der Waals surface area contributed by atoms with E-state index in [9.17, 15) is 9.59 Å². The maximum atomic E-state index is 12.6. The largest absolute Gasteiger partial charge is 0.444 e. The van der Waals surface area contributed by atoms with Gasteiger partial charge in [0.2, 0.25) is 0 Å². The number of carbonyl (C=O) groups is 2. The number of aromatic nitrogens is 1. The van der Waals surface area contributed by atoms with Crippen LogP contribution in [0.1, 0.15) is 56.9 Å². The van der Waals surface area contributed by atoms with Crippen LogP contribution in [0.2, 0.25) is 10.2 Å². The molecule has 2 rings (SSSR count). The summed E-state index contributed by atoms with van der Waals surface area (Å²) < 4.78 is 5.25. The third kappa shape index (κ3) is 5.75. The summed E-state index contributed by atoms with van der Waals surface area (Å²) in [4.78, 5) is 28.5. The highest BCUT2D eigenvalue weighted by Gasteiger charge is 2.37. The van der Waals surface area contributed by atoms with Crippen molar-refractivity contribution in [1.29, 1.82) is 0 Å². The van der Waals surface area contributed by atoms with E-state index in [2.05, 4.69) is 15.6 Å². The molecule has 1 aliphatic rings. The van der Waals surface area contributed by atoms with E-state index in [0.717, 1.165) is 25.7 Å². The van der Waals surface area contributed by atoms with Crippen molar-refractivity contribution >= 4 is 35.2 Å². The first-order chi connectivity index (χ1) is 11.6. The number of rotatable bonds is 4. The average Bonchev–Trinajstić information content (AvgIpc) is 2.95. The highest BCUT2D eigenvalue weighted by Crippen LogP contribution is 2.30. The SMILES string of the molecule is CC(C)(C)OC(=O)NCC1(NC(=O)c2nc(Cl)ccc2Cl)CCCC1. The second-order valence-electron chi connectivity index (χ2n) is 7.26. The van der Waals surface area contributed by atoms with E-state index >= 15 is 0 Å². The molecule has 8 heteroatoms. The van der Waals surface area contributed by atoms with E-state index in [1.165, 1.54) is 12.1 Å². The number of alkyl carbamates (subject to hydrolysis) is 1. The molecule has 25 heavy (non-hydrogen) atoms. The zero-order valence-corrected chi connectivity index (χ0v) is 16.1. The number of nitrogens with zero attached hydrogens (tertiary/aromatic N) is 1. The summed E-state index contributed by atoms with van der Waals surface area (Å²) >= 11 is 11.9. The molecule has 1 saturated carbocycles. The number of hydrogen-bond acceptors (Lipinski definition) is 4. The lowest BCUT2D eigenvalue weighted by Crippen LogP contribution is -2.54. The predicted molar refractivity (Wildman–Crippen MR) is 97.2 cm³/mol. The predicted octanol–water partition coefficient (Wildman–Crippen LogP) is 3.96. The van der Waals surface area contributed by atoms with Crippen LogP contribution < -0.4 is 10.6 Å². The summed E-state index contributed by atoms with van der Waals surface area (Å²) in [6, 6.07) is 3.06. The number of nitrogens with one attached hydrogen (secondary N) is 2. The van der Waals surface area contributed by atoms with Crippen molar-refractivity contribution in [2.24, 2.45) is 0 Å². The van der Waals surface area contributed by atoms with Crippen LogP contribution >= 0.6 is 23.2 Å². The van der Waals surface area contributed by atoms with Gasteiger partial charge in [0.25, 0.3) is 5.91 Å². The molecule has 1 fully saturated rings. The van der Waals surface area contributed by atoms with Gasteiger partial charge in [-0.1, -0.05) is 36.0 Å². The molecule has 1 aromatic heterocycles. The van der Waals surface area contributed by atoms with E-state index in [1.54, 1.807) is 20.8 Å². The van der Waals surface area contributed by atoms with E-state index in [4.69, 9.17) is 27.9 Å². The minimum absolute atomic E-state index is 0.0812. The minimum Gasteiger partial charge on any atom is -0.444 e. The standard InChI is InChI=1S/C17H23Cl2N3O3/c1-16(2,3)25-15(24)20-10-17(8-4-5-9-17)22-14(23)13-11(18)6-7-12(19)21-13/h6-7H,4-5,8-10H2,1-3H3,(H,20,24)(H,22,23). The molecule has 6 nitrogen and oxygen atoms in total. The van der Waals surface area contributed by atoms with Crippen LogP contribution in [0.5, 0.6) is 0 Å². The van der Waals surface area contributed by atoms with E-state index in [0.29, 0.717) is 0 Å². The molecule has 2 amide bonds. The van der Waals surface area contributed by atoms with Crippen molar-refractivity contribution in [1.82, 2.24) is 15.6 Å². The van der Waals surface area contributed by atoms with Gasteiger partial charge >= 0.3 is 6.09 Å². The maximum absolute atomic E-state index is 12.6. The van der Waals surface area contributed by atoms with E-state index in [1.807, 2.05) is 0 Å². The smallest absolute Gasteiger partial charge is 0.407 e. The lowest BCUT2D eigenvalue weighted by Gasteiger charge is -2.31. The molecular formula is C17H23Cl2N3O3. The summed E-state index contributed by atoms with van der Waals surface area (Å²) in [5.41, 5.74) is -1.03. The van der Waals surface area contributed by atoms with Crippen molar-refractivity contribution in [2.75, 3.05) is 6.54 Å². The number of pyridine rings is 1. The van der Waals surface area contributed by atoms with E-state index < -0.39 is 23.1 Å². The van der Waals surface area contributed by atoms with Gasteiger partial charge in [-0.05, 0) is 45.7 Å². The summed E-state index contributed by atoms with van der Waals surface area (Å²) in [6.07, 6.45) is 2.94. The van der Waals surface area contributed by atoms with Gasteiger partial charge in [-0.2, -0.15) is 0 Å². The topological polar surface area (TPSA) is 80.3 Å². The summed E-state index contributed by atoms with van der Waals surface area (Å²) in [6.45, 7) is 5.68. The number of amides is 2. The Morgan fingerprint density at radius 1 is 1.24 bits per heavy atom. The summed E-state index contributed by atoms with van der Waals surface area (Å²) in [5, 5.41) is 6.16. The highest BCUT2D eigenvalue weighted by molar-refractivity contribution is 6.34. The molecule has 0 spiro atoms. The summed E-state index contributed by atoms with van der Waals surface area (Å²) in [5.74, 6) is -0.402. The van der Waals surface area contributed by atoms with Crippen molar-refractivity contribution in [3.8, 4) is 0 Å². The maximum Gasteiger partial charge on any atom is 0.407 e. The van der Waals surface area contributed by atoms with Gasteiger partial charge in [0.05, 0.1) is 10.6 Å². The molecule has 0 atom stereocenters. The molecule has 2 N–H and O–H groups in total. The Hall–Kier alpha value is -1.53. The van der Waals surface area contributed by atoms with Crippen molar-refractivity contribution in [3.05, 3.63) is 28.0 Å². The minimum atomic E-state index is -0.575. The number of carbonyl (C=O) groups excluding carboxylic acids is 2. The quantitative estimate of drug-likeness (QED) is 0.766. The van der Waals surface area contributed by atoms with Gasteiger partial charge < -0.3 is 15.4 Å². The van der Waals surface area contributed by atoms with Gasteiger partial charge in [-0.15, -0.1) is 0 Å². The Kier molecular flexibility index (Phi) is 6.16. The van der Waals surface area contributed by atoms with Crippen LogP contribution in [-0.2, 0) is 4.74 Å². The Morgan fingerprint density at radius 2 is 1.88 bits per heavy atom. The van der Waals surface area contributed by atoms with Crippen LogP contribution in [0, 0.1) is 0 Å². The third-order valence-electron chi connectivity index (χ3n) is 3.94. The number of hydrogen-bond donors (Lipinski definition) is 2. The second-order valence-corrected chi connectivity index (χ2v) is 8.06. The molecule has 0 radical (unpaired) electrons. The van der Waals surface area contributed by atoms with Crippen LogP contribution in [0.25, 0.3) is 0 Å². The fraction of sp³-hybridized carbons (Fsp3) is 0.588. The van der Waals surface area contributed by atoms with Gasteiger partial charge in [0.1, 0.15) is 16.4 Å². The first kappa shape index (κ1) is 19.8. The monoisotopic (exact) mass is 387 g/mol. The van der Waals surface area contributed by atoms with Crippen molar-refractivity contribution in [3.63, 3.8) is 0 Å². The zero-order chi connectivity index (χ0) is 18.7. The normalized spacial score (nSPS) is 16.4.